The number of likely N-dealkylation sites (N-methyl/N-ethyl adjacent to an activating group) is 1. The van der Waals surface area contributed by atoms with Crippen LogP contribution in [0.2, 0.25) is 0 Å². The number of aromatic nitrogens is 5. The third-order valence-corrected chi connectivity index (χ3v) is 10.1. The van der Waals surface area contributed by atoms with E-state index >= 15 is 0 Å². The van der Waals surface area contributed by atoms with Gasteiger partial charge in [0.15, 0.2) is 10.7 Å². The largest absolute Gasteiger partial charge is 0.358 e. The quantitative estimate of drug-likeness (QED) is 0.276. The van der Waals surface area contributed by atoms with Crippen LogP contribution in [0, 0.1) is 11.3 Å². The Balaban J connectivity index is 1.43. The van der Waals surface area contributed by atoms with E-state index in [-0.39, 0.29) is 36.0 Å². The van der Waals surface area contributed by atoms with Crippen LogP contribution in [0.25, 0.3) is 27.1 Å². The van der Waals surface area contributed by atoms with E-state index in [1.807, 2.05) is 15.9 Å². The van der Waals surface area contributed by atoms with Crippen LogP contribution < -0.4 is 9.62 Å². The van der Waals surface area contributed by atoms with E-state index in [9.17, 15) is 31.2 Å². The Bertz CT molecular complexity index is 1810. The standard InChI is InChI=1S/C25H25F4N9O2S2/c1-36(10-11-37-8-6-25(28,29)7-9-37)20-18-16-3-2-15(42(39,40)35-24(13-30)4-5-24)12-17(16)38(21(18)32-14-31-20)23-34-33-22(41-23)19(26)27/h2-3,12,14,19,35H,4-11H2,1H3. The number of nitrogens with zero attached hydrogens (tertiary/aromatic N) is 8. The SMILES string of the molecule is CN(CCN1CCC(F)(F)CC1)c1ncnc2c1c1ccc(S(=O)(=O)NC3(C#N)CC3)cc1n2-c1nnc(C(F)F)s1. The predicted molar refractivity (Wildman–Crippen MR) is 147 cm³/mol. The molecule has 1 aliphatic heterocycles. The first-order chi connectivity index (χ1) is 19.9. The highest BCUT2D eigenvalue weighted by molar-refractivity contribution is 7.89. The molecule has 1 aliphatic carbocycles. The molecule has 3 aromatic heterocycles. The molecule has 0 amide bonds. The van der Waals surface area contributed by atoms with Gasteiger partial charge < -0.3 is 9.80 Å². The molecule has 2 fully saturated rings. The van der Waals surface area contributed by atoms with Crippen LogP contribution in [-0.4, -0.2) is 82.7 Å². The van der Waals surface area contributed by atoms with Gasteiger partial charge in [0.05, 0.1) is 21.9 Å². The predicted octanol–water partition coefficient (Wildman–Crippen LogP) is 3.86. The Morgan fingerprint density at radius 3 is 2.55 bits per heavy atom. The minimum atomic E-state index is -4.10. The molecule has 1 saturated heterocycles. The molecule has 2 aliphatic rings. The van der Waals surface area contributed by atoms with Crippen LogP contribution in [0.15, 0.2) is 29.4 Å². The zero-order valence-electron chi connectivity index (χ0n) is 22.3. The number of likely N-dealkylation sites (tertiary alicyclic amines) is 1. The van der Waals surface area contributed by atoms with Gasteiger partial charge in [-0.05, 0) is 25.0 Å². The Morgan fingerprint density at radius 1 is 1.17 bits per heavy atom. The van der Waals surface area contributed by atoms with Crippen LogP contribution in [0.5, 0.6) is 0 Å². The van der Waals surface area contributed by atoms with Gasteiger partial charge in [-0.25, -0.2) is 35.9 Å². The van der Waals surface area contributed by atoms with E-state index in [0.29, 0.717) is 65.0 Å². The second-order valence-corrected chi connectivity index (χ2v) is 13.2. The molecule has 222 valence electrons. The lowest BCUT2D eigenvalue weighted by molar-refractivity contribution is -0.0544. The first-order valence-electron chi connectivity index (χ1n) is 13.1. The summed E-state index contributed by atoms with van der Waals surface area (Å²) in [6.45, 7) is 1.52. The van der Waals surface area contributed by atoms with Gasteiger partial charge in [-0.2, -0.15) is 9.98 Å². The third kappa shape index (κ3) is 5.27. The zero-order chi connectivity index (χ0) is 29.9. The van der Waals surface area contributed by atoms with E-state index in [1.54, 1.807) is 13.1 Å². The highest BCUT2D eigenvalue weighted by Crippen LogP contribution is 2.39. The van der Waals surface area contributed by atoms with Gasteiger partial charge in [-0.15, -0.1) is 10.2 Å². The Kier molecular flexibility index (Phi) is 7.07. The van der Waals surface area contributed by atoms with E-state index in [0.717, 1.165) is 0 Å². The van der Waals surface area contributed by atoms with Crippen molar-refractivity contribution in [3.8, 4) is 11.2 Å². The van der Waals surface area contributed by atoms with Crippen molar-refractivity contribution in [1.29, 1.82) is 5.26 Å². The summed E-state index contributed by atoms with van der Waals surface area (Å²) in [5, 5.41) is 17.5. The molecule has 1 aromatic carbocycles. The molecule has 6 rings (SSSR count). The minimum Gasteiger partial charge on any atom is -0.358 e. The molecular weight excluding hydrogens is 598 g/mol. The maximum absolute atomic E-state index is 13.6. The molecular formula is C25H25F4N9O2S2. The number of piperidine rings is 1. The number of alkyl halides is 4. The fourth-order valence-corrected chi connectivity index (χ4v) is 7.15. The summed E-state index contributed by atoms with van der Waals surface area (Å²) in [4.78, 5) is 12.6. The molecule has 1 saturated carbocycles. The normalized spacial score (nSPS) is 18.5. The average molecular weight is 624 g/mol. The third-order valence-electron chi connectivity index (χ3n) is 7.61. The molecule has 0 spiro atoms. The number of nitriles is 1. The Morgan fingerprint density at radius 2 is 1.90 bits per heavy atom. The van der Waals surface area contributed by atoms with Crippen molar-refractivity contribution in [3.05, 3.63) is 29.5 Å². The van der Waals surface area contributed by atoms with Crippen molar-refractivity contribution >= 4 is 49.1 Å². The lowest BCUT2D eigenvalue weighted by Crippen LogP contribution is -2.42. The van der Waals surface area contributed by atoms with Crippen molar-refractivity contribution in [1.82, 2.24) is 34.4 Å². The van der Waals surface area contributed by atoms with Gasteiger partial charge in [0.25, 0.3) is 12.3 Å². The molecule has 0 atom stereocenters. The topological polar surface area (TPSA) is 133 Å². The molecule has 0 unspecified atom stereocenters. The number of hydrogen-bond donors (Lipinski definition) is 1. The molecule has 11 nitrogen and oxygen atoms in total. The summed E-state index contributed by atoms with van der Waals surface area (Å²) >= 11 is 0.649. The molecule has 0 radical (unpaired) electrons. The van der Waals surface area contributed by atoms with E-state index < -0.39 is 32.9 Å². The minimum absolute atomic E-state index is 0.0602. The Labute approximate surface area is 241 Å². The van der Waals surface area contributed by atoms with Crippen molar-refractivity contribution < 1.29 is 26.0 Å². The van der Waals surface area contributed by atoms with Gasteiger partial charge >= 0.3 is 0 Å². The molecule has 0 bridgehead atoms. The lowest BCUT2D eigenvalue weighted by Gasteiger charge is -2.32. The first-order valence-corrected chi connectivity index (χ1v) is 15.4. The van der Waals surface area contributed by atoms with Crippen LogP contribution >= 0.6 is 11.3 Å². The summed E-state index contributed by atoms with van der Waals surface area (Å²) in [6, 6.07) is 6.36. The maximum Gasteiger partial charge on any atom is 0.291 e. The molecule has 1 N–H and O–H groups in total. The fraction of sp³-hybridized carbons (Fsp3) is 0.480. The highest BCUT2D eigenvalue weighted by Gasteiger charge is 2.47. The lowest BCUT2D eigenvalue weighted by atomic mass is 10.1. The maximum atomic E-state index is 13.6. The van der Waals surface area contributed by atoms with Gasteiger partial charge in [0.2, 0.25) is 15.2 Å². The summed E-state index contributed by atoms with van der Waals surface area (Å²) in [6.07, 6.45) is -1.13. The summed E-state index contributed by atoms with van der Waals surface area (Å²) in [7, 11) is -2.31. The van der Waals surface area contributed by atoms with Crippen LogP contribution in [0.3, 0.4) is 0 Å². The smallest absolute Gasteiger partial charge is 0.291 e. The average Bonchev–Trinajstić information content (AvgIpc) is 3.39. The summed E-state index contributed by atoms with van der Waals surface area (Å²) in [5.41, 5.74) is -0.521. The van der Waals surface area contributed by atoms with Crippen molar-refractivity contribution in [3.63, 3.8) is 0 Å². The zero-order valence-corrected chi connectivity index (χ0v) is 23.9. The number of anilines is 1. The van der Waals surface area contributed by atoms with Gasteiger partial charge in [-0.3, -0.25) is 4.57 Å². The van der Waals surface area contributed by atoms with E-state index in [1.165, 1.54) is 23.0 Å². The molecule has 4 heterocycles. The van der Waals surface area contributed by atoms with E-state index in [2.05, 4.69) is 24.9 Å². The molecule has 42 heavy (non-hydrogen) atoms. The second kappa shape index (κ2) is 10.4. The second-order valence-electron chi connectivity index (χ2n) is 10.6. The molecule has 4 aromatic rings. The van der Waals surface area contributed by atoms with Gasteiger partial charge in [0.1, 0.15) is 17.7 Å². The molecule has 17 heteroatoms. The number of benzene rings is 1. The summed E-state index contributed by atoms with van der Waals surface area (Å²) in [5.74, 6) is -2.16. The van der Waals surface area contributed by atoms with Crippen LogP contribution in [-0.2, 0) is 10.0 Å². The Hall–Kier alpha value is -3.46. The van der Waals surface area contributed by atoms with Crippen molar-refractivity contribution in [2.45, 2.75) is 48.5 Å². The van der Waals surface area contributed by atoms with Gasteiger partial charge in [-0.1, -0.05) is 17.4 Å². The number of sulfonamides is 1. The number of nitrogens with one attached hydrogen (secondary N) is 1. The van der Waals surface area contributed by atoms with Crippen molar-refractivity contribution in [2.75, 3.05) is 38.1 Å². The highest BCUT2D eigenvalue weighted by atomic mass is 32.2. The number of halogens is 4. The monoisotopic (exact) mass is 623 g/mol. The van der Waals surface area contributed by atoms with E-state index in [4.69, 9.17) is 0 Å². The van der Waals surface area contributed by atoms with Crippen LogP contribution in [0.4, 0.5) is 23.4 Å². The summed E-state index contributed by atoms with van der Waals surface area (Å²) < 4.78 is 84.4. The number of rotatable bonds is 9. The first kappa shape index (κ1) is 28.6. The number of fused-ring (bicyclic) bond motifs is 3. The fourth-order valence-electron chi connectivity index (χ4n) is 5.03. The van der Waals surface area contributed by atoms with Crippen LogP contribution in [0.1, 0.15) is 37.1 Å². The number of hydrogen-bond acceptors (Lipinski definition) is 10. The van der Waals surface area contributed by atoms with Gasteiger partial charge in [0, 0.05) is 51.5 Å². The van der Waals surface area contributed by atoms with Crippen molar-refractivity contribution in [2.24, 2.45) is 0 Å².